The van der Waals surface area contributed by atoms with Crippen LogP contribution < -0.4 is 0 Å². The predicted molar refractivity (Wildman–Crippen MR) is 135 cm³/mol. The molecule has 1 aliphatic heterocycles. The number of halogens is 4. The number of aromatic nitrogens is 7. The molecule has 0 saturated carbocycles. The third-order valence-corrected chi connectivity index (χ3v) is 7.76. The van der Waals surface area contributed by atoms with Crippen molar-refractivity contribution in [1.29, 1.82) is 0 Å². The average Bonchev–Trinajstić information content (AvgIpc) is 3.67. The first-order valence-electron chi connectivity index (χ1n) is 12.2. The number of benzene rings is 2. The molecule has 41 heavy (non-hydrogen) atoms. The normalized spacial score (nSPS) is 23.4. The monoisotopic (exact) mass is 591 g/mol. The summed E-state index contributed by atoms with van der Waals surface area (Å²) >= 11 is 1.49. The molecule has 5 aromatic rings. The number of nitrogens with zero attached hydrogens (tertiary/aromatic N) is 7. The van der Waals surface area contributed by atoms with Crippen molar-refractivity contribution < 1.29 is 37.6 Å². The molecule has 0 bridgehead atoms. The maximum Gasteiger partial charge on any atom is 0.419 e. The van der Waals surface area contributed by atoms with E-state index in [1.165, 1.54) is 28.5 Å². The molecular formula is C25H21F4N7O4S. The molecule has 1 saturated heterocycles. The summed E-state index contributed by atoms with van der Waals surface area (Å²) in [4.78, 5) is 8.72. The summed E-state index contributed by atoms with van der Waals surface area (Å²) in [5.41, 5.74) is -0.00458. The van der Waals surface area contributed by atoms with Crippen LogP contribution in [0.3, 0.4) is 0 Å². The van der Waals surface area contributed by atoms with Crippen LogP contribution in [-0.4, -0.2) is 75.0 Å². The molecule has 1 aliphatic rings. The second kappa shape index (κ2) is 10.2. The van der Waals surface area contributed by atoms with Gasteiger partial charge in [-0.1, -0.05) is 11.3 Å². The van der Waals surface area contributed by atoms with E-state index >= 15 is 0 Å². The number of ether oxygens (including phenoxy) is 1. The third-order valence-electron chi connectivity index (χ3n) is 6.83. The van der Waals surface area contributed by atoms with Crippen molar-refractivity contribution in [2.45, 2.75) is 43.6 Å². The van der Waals surface area contributed by atoms with Gasteiger partial charge in [0.05, 0.1) is 39.3 Å². The minimum atomic E-state index is -4.86. The van der Waals surface area contributed by atoms with Crippen molar-refractivity contribution in [1.82, 2.24) is 34.7 Å². The highest BCUT2D eigenvalue weighted by molar-refractivity contribution is 7.18. The minimum absolute atomic E-state index is 0.00138. The highest BCUT2D eigenvalue weighted by Gasteiger charge is 2.48. The zero-order chi connectivity index (χ0) is 29.1. The van der Waals surface area contributed by atoms with Crippen LogP contribution in [0.25, 0.3) is 27.2 Å². The zero-order valence-corrected chi connectivity index (χ0v) is 21.8. The second-order valence-electron chi connectivity index (χ2n) is 9.44. The Labute approximate surface area is 232 Å². The van der Waals surface area contributed by atoms with Crippen molar-refractivity contribution in [3.05, 3.63) is 71.1 Å². The van der Waals surface area contributed by atoms with Crippen molar-refractivity contribution in [2.75, 3.05) is 6.61 Å². The van der Waals surface area contributed by atoms with E-state index in [1.807, 2.05) is 19.1 Å². The number of alkyl halides is 3. The first kappa shape index (κ1) is 27.3. The molecule has 11 nitrogen and oxygen atoms in total. The topological polar surface area (TPSA) is 144 Å². The molecule has 16 heteroatoms. The van der Waals surface area contributed by atoms with E-state index in [2.05, 4.69) is 25.4 Å². The lowest BCUT2D eigenvalue weighted by Gasteiger charge is -2.41. The molecule has 0 amide bonds. The predicted octanol–water partition coefficient (Wildman–Crippen LogP) is 3.00. The Morgan fingerprint density at radius 3 is 2.63 bits per heavy atom. The van der Waals surface area contributed by atoms with Crippen LogP contribution >= 0.6 is 11.3 Å². The van der Waals surface area contributed by atoms with Gasteiger partial charge in [0, 0.05) is 5.56 Å². The summed E-state index contributed by atoms with van der Waals surface area (Å²) in [6.45, 7) is 1.27. The number of aliphatic hydroxyl groups excluding tert-OH is 3. The Morgan fingerprint density at radius 2 is 1.90 bits per heavy atom. The van der Waals surface area contributed by atoms with Crippen molar-refractivity contribution in [2.24, 2.45) is 0 Å². The fourth-order valence-corrected chi connectivity index (χ4v) is 5.75. The van der Waals surface area contributed by atoms with Crippen molar-refractivity contribution >= 4 is 21.6 Å². The van der Waals surface area contributed by atoms with Crippen LogP contribution in [0.5, 0.6) is 0 Å². The zero-order valence-electron chi connectivity index (χ0n) is 21.0. The van der Waals surface area contributed by atoms with E-state index in [0.29, 0.717) is 17.8 Å². The molecule has 0 radical (unpaired) electrons. The van der Waals surface area contributed by atoms with Crippen molar-refractivity contribution in [3.8, 4) is 16.9 Å². The molecule has 4 heterocycles. The van der Waals surface area contributed by atoms with Gasteiger partial charge in [-0.2, -0.15) is 18.3 Å². The van der Waals surface area contributed by atoms with Gasteiger partial charge in [0.1, 0.15) is 48.3 Å². The van der Waals surface area contributed by atoms with Gasteiger partial charge in [-0.25, -0.2) is 23.7 Å². The highest BCUT2D eigenvalue weighted by Crippen LogP contribution is 2.39. The number of rotatable bonds is 5. The Balaban J connectivity index is 1.34. The molecule has 0 aliphatic carbocycles. The van der Waals surface area contributed by atoms with E-state index in [1.54, 1.807) is 6.07 Å². The lowest BCUT2D eigenvalue weighted by Crippen LogP contribution is -2.53. The summed E-state index contributed by atoms with van der Waals surface area (Å²) in [6.07, 6.45) is -7.69. The van der Waals surface area contributed by atoms with Crippen LogP contribution in [-0.2, 0) is 10.9 Å². The molecular weight excluding hydrogens is 570 g/mol. The highest BCUT2D eigenvalue weighted by atomic mass is 32.1. The van der Waals surface area contributed by atoms with E-state index in [4.69, 9.17) is 4.74 Å². The summed E-state index contributed by atoms with van der Waals surface area (Å²) in [5.74, 6) is -1.30. The molecule has 3 aromatic heterocycles. The maximum absolute atomic E-state index is 14.2. The van der Waals surface area contributed by atoms with Gasteiger partial charge in [-0.3, -0.25) is 0 Å². The van der Waals surface area contributed by atoms with Crippen LogP contribution in [0.4, 0.5) is 17.6 Å². The lowest BCUT2D eigenvalue weighted by atomic mass is 9.92. The Hall–Kier alpha value is -3.83. The maximum atomic E-state index is 14.2. The summed E-state index contributed by atoms with van der Waals surface area (Å²) < 4.78 is 62.4. The van der Waals surface area contributed by atoms with Gasteiger partial charge in [0.25, 0.3) is 0 Å². The molecule has 0 spiro atoms. The molecule has 214 valence electrons. The summed E-state index contributed by atoms with van der Waals surface area (Å²) in [6, 6.07) is 6.54. The van der Waals surface area contributed by atoms with Crippen molar-refractivity contribution in [3.63, 3.8) is 0 Å². The Bertz CT molecular complexity index is 1720. The number of fused-ring (bicyclic) bond motifs is 1. The average molecular weight is 592 g/mol. The number of hydrogen-bond donors (Lipinski definition) is 3. The van der Waals surface area contributed by atoms with E-state index in [0.717, 1.165) is 26.0 Å². The quantitative estimate of drug-likeness (QED) is 0.263. The third kappa shape index (κ3) is 4.87. The van der Waals surface area contributed by atoms with E-state index in [-0.39, 0.29) is 17.1 Å². The minimum Gasteiger partial charge on any atom is -0.394 e. The molecule has 1 fully saturated rings. The first-order chi connectivity index (χ1) is 19.5. The van der Waals surface area contributed by atoms with Crippen LogP contribution in [0, 0.1) is 12.7 Å². The van der Waals surface area contributed by atoms with Gasteiger partial charge >= 0.3 is 6.18 Å². The fraction of sp³-hybridized carbons (Fsp3) is 0.320. The smallest absolute Gasteiger partial charge is 0.394 e. The number of aryl methyl sites for hydroxylation is 1. The molecule has 0 unspecified atom stereocenters. The summed E-state index contributed by atoms with van der Waals surface area (Å²) in [5, 5.41) is 45.3. The SMILES string of the molecule is Cc1nc2ccc(-n3ncnc3[C@@H]3O[C@H](CO)[C@H](O)[C@H](n4cc(-c5ccc(C(F)(F)F)c(F)c5)nn4)[C@H]3O)cc2s1. The standard InChI is InChI=1S/C25H21F4N7O4S/c1-11-32-16-5-3-13(7-19(16)41-11)36-24(30-10-31-36)23-22(39)20(21(38)18(9-37)40-23)35-8-17(33-34-35)12-2-4-14(15(26)6-12)25(27,28)29/h2-8,10,18,20-23,37-39H,9H2,1H3/t18-,20+,21+,22-,23-/m1/s1. The number of aliphatic hydroxyl groups is 3. The van der Waals surface area contributed by atoms with Gasteiger partial charge < -0.3 is 20.1 Å². The fourth-order valence-electron chi connectivity index (χ4n) is 4.89. The van der Waals surface area contributed by atoms with Crippen LogP contribution in [0.1, 0.15) is 28.5 Å². The number of hydrogen-bond acceptors (Lipinski definition) is 10. The van der Waals surface area contributed by atoms with Gasteiger partial charge in [-0.05, 0) is 37.3 Å². The number of thiazole rings is 1. The van der Waals surface area contributed by atoms with Crippen LogP contribution in [0.15, 0.2) is 48.9 Å². The van der Waals surface area contributed by atoms with Gasteiger partial charge in [0.2, 0.25) is 0 Å². The molecule has 2 aromatic carbocycles. The molecule has 5 atom stereocenters. The largest absolute Gasteiger partial charge is 0.419 e. The van der Waals surface area contributed by atoms with E-state index in [9.17, 15) is 32.9 Å². The van der Waals surface area contributed by atoms with E-state index < -0.39 is 54.6 Å². The van der Waals surface area contributed by atoms with Gasteiger partial charge in [0.15, 0.2) is 5.82 Å². The Kier molecular flexibility index (Phi) is 6.82. The lowest BCUT2D eigenvalue weighted by molar-refractivity contribution is -0.210. The molecule has 3 N–H and O–H groups in total. The summed E-state index contributed by atoms with van der Waals surface area (Å²) in [7, 11) is 0. The second-order valence-corrected chi connectivity index (χ2v) is 10.7. The van der Waals surface area contributed by atoms with Crippen LogP contribution in [0.2, 0.25) is 0 Å². The first-order valence-corrected chi connectivity index (χ1v) is 13.1. The van der Waals surface area contributed by atoms with Gasteiger partial charge in [-0.15, -0.1) is 16.4 Å². The Morgan fingerprint density at radius 1 is 1.10 bits per heavy atom. The molecule has 6 rings (SSSR count).